The van der Waals surface area contributed by atoms with Gasteiger partial charge in [-0.3, -0.25) is 14.9 Å². The summed E-state index contributed by atoms with van der Waals surface area (Å²) in [6.45, 7) is 9.87. The van der Waals surface area contributed by atoms with Crippen LogP contribution in [0.15, 0.2) is 48.7 Å². The molecule has 13 nitrogen and oxygen atoms in total. The number of benzene rings is 2. The van der Waals surface area contributed by atoms with Crippen molar-refractivity contribution in [2.45, 2.75) is 58.0 Å². The molecule has 0 atom stereocenters. The molecule has 4 aromatic rings. The smallest absolute Gasteiger partial charge is 0.416 e. The fourth-order valence-electron chi connectivity index (χ4n) is 6.36. The van der Waals surface area contributed by atoms with Gasteiger partial charge in [0.25, 0.3) is 0 Å². The van der Waals surface area contributed by atoms with E-state index in [-0.39, 0.29) is 35.7 Å². The van der Waals surface area contributed by atoms with E-state index in [1.54, 1.807) is 28.9 Å². The van der Waals surface area contributed by atoms with Crippen LogP contribution in [0.4, 0.5) is 40.2 Å². The molecule has 16 heteroatoms. The molecule has 2 saturated heterocycles. The van der Waals surface area contributed by atoms with E-state index >= 15 is 0 Å². The Labute approximate surface area is 300 Å². The highest BCUT2D eigenvalue weighted by atomic mass is 19.4. The lowest BCUT2D eigenvalue weighted by Crippen LogP contribution is -2.44. The summed E-state index contributed by atoms with van der Waals surface area (Å²) in [6.07, 6.45) is -1.65. The Hall–Kier alpha value is -4.96. The molecule has 2 aliphatic heterocycles. The number of likely N-dealkylation sites (N-methyl/N-ethyl adjacent to an activating group) is 1. The highest BCUT2D eigenvalue weighted by Crippen LogP contribution is 2.35. The summed E-state index contributed by atoms with van der Waals surface area (Å²) in [4.78, 5) is 40.3. The first-order valence-corrected chi connectivity index (χ1v) is 17.3. The third kappa shape index (κ3) is 9.28. The molecule has 0 spiro atoms. The summed E-state index contributed by atoms with van der Waals surface area (Å²) in [5.41, 5.74) is 1.13. The summed E-state index contributed by atoms with van der Waals surface area (Å²) in [5, 5.41) is 13.7. The minimum absolute atomic E-state index is 0.0257. The zero-order valence-electron chi connectivity index (χ0n) is 30.0. The van der Waals surface area contributed by atoms with Crippen LogP contribution >= 0.6 is 0 Å². The van der Waals surface area contributed by atoms with Gasteiger partial charge in [-0.2, -0.15) is 18.3 Å². The largest absolute Gasteiger partial charge is 0.444 e. The zero-order valence-corrected chi connectivity index (χ0v) is 30.0. The van der Waals surface area contributed by atoms with E-state index in [1.165, 1.54) is 12.1 Å². The molecule has 2 fully saturated rings. The molecule has 2 aromatic carbocycles. The minimum Gasteiger partial charge on any atom is -0.444 e. The monoisotopic (exact) mass is 722 g/mol. The predicted octanol–water partition coefficient (Wildman–Crippen LogP) is 6.25. The number of halogens is 3. The van der Waals surface area contributed by atoms with Gasteiger partial charge in [-0.15, -0.1) is 0 Å². The van der Waals surface area contributed by atoms with Crippen LogP contribution in [0.1, 0.15) is 44.7 Å². The second-order valence-corrected chi connectivity index (χ2v) is 14.4. The summed E-state index contributed by atoms with van der Waals surface area (Å²) < 4.78 is 49.2. The lowest BCUT2D eigenvalue weighted by Gasteiger charge is -2.33. The molecule has 0 saturated carbocycles. The average molecular weight is 723 g/mol. The number of rotatable bonds is 7. The molecule has 0 aliphatic carbocycles. The molecule has 6 rings (SSSR count). The van der Waals surface area contributed by atoms with Crippen LogP contribution in [-0.4, -0.2) is 105 Å². The molecule has 52 heavy (non-hydrogen) atoms. The number of anilines is 3. The van der Waals surface area contributed by atoms with Crippen molar-refractivity contribution < 1.29 is 27.5 Å². The van der Waals surface area contributed by atoms with Crippen LogP contribution in [0, 0.1) is 0 Å². The Morgan fingerprint density at radius 3 is 2.35 bits per heavy atom. The van der Waals surface area contributed by atoms with Crippen LogP contribution in [0.2, 0.25) is 0 Å². The third-order valence-electron chi connectivity index (χ3n) is 9.14. The van der Waals surface area contributed by atoms with Gasteiger partial charge < -0.3 is 25.2 Å². The van der Waals surface area contributed by atoms with Crippen LogP contribution in [0.25, 0.3) is 22.2 Å². The quantitative estimate of drug-likeness (QED) is 0.203. The predicted molar refractivity (Wildman–Crippen MR) is 193 cm³/mol. The number of piperazine rings is 1. The fourth-order valence-corrected chi connectivity index (χ4v) is 6.36. The third-order valence-corrected chi connectivity index (χ3v) is 9.14. The maximum absolute atomic E-state index is 14.0. The van der Waals surface area contributed by atoms with Gasteiger partial charge in [0.15, 0.2) is 5.82 Å². The van der Waals surface area contributed by atoms with Crippen molar-refractivity contribution in [3.8, 4) is 11.3 Å². The number of hydrogen-bond acceptors (Lipinski definition) is 9. The van der Waals surface area contributed by atoms with Crippen LogP contribution in [0.3, 0.4) is 0 Å². The summed E-state index contributed by atoms with van der Waals surface area (Å²) >= 11 is 0. The molecule has 4 heterocycles. The van der Waals surface area contributed by atoms with E-state index in [0.717, 1.165) is 48.5 Å². The molecule has 0 bridgehead atoms. The summed E-state index contributed by atoms with van der Waals surface area (Å²) in [6, 6.07) is 10.7. The van der Waals surface area contributed by atoms with Gasteiger partial charge in [0, 0.05) is 87.8 Å². The minimum atomic E-state index is -4.57. The van der Waals surface area contributed by atoms with Crippen molar-refractivity contribution >= 4 is 40.5 Å². The Morgan fingerprint density at radius 1 is 0.923 bits per heavy atom. The lowest BCUT2D eigenvalue weighted by molar-refractivity contribution is -0.138. The number of carbonyl (C=O) groups is 2. The van der Waals surface area contributed by atoms with Gasteiger partial charge in [0.1, 0.15) is 5.60 Å². The Morgan fingerprint density at radius 2 is 1.65 bits per heavy atom. The van der Waals surface area contributed by atoms with Crippen molar-refractivity contribution in [2.75, 3.05) is 62.3 Å². The van der Waals surface area contributed by atoms with Crippen molar-refractivity contribution in [1.82, 2.24) is 34.4 Å². The van der Waals surface area contributed by atoms with E-state index in [4.69, 9.17) is 4.74 Å². The highest BCUT2D eigenvalue weighted by Gasteiger charge is 2.34. The Bertz CT molecular complexity index is 1910. The number of hydrogen-bond donors (Lipinski definition) is 3. The highest BCUT2D eigenvalue weighted by molar-refractivity contribution is 5.99. The van der Waals surface area contributed by atoms with Crippen LogP contribution in [0.5, 0.6) is 0 Å². The fraction of sp³-hybridized carbons (Fsp3) is 0.472. The number of alkyl halides is 3. The molecule has 278 valence electrons. The number of urea groups is 1. The van der Waals surface area contributed by atoms with Crippen molar-refractivity contribution in [2.24, 2.45) is 7.05 Å². The van der Waals surface area contributed by atoms with Gasteiger partial charge in [-0.1, -0.05) is 12.1 Å². The van der Waals surface area contributed by atoms with E-state index in [9.17, 15) is 22.8 Å². The number of aromatic nitrogens is 4. The Kier molecular flexibility index (Phi) is 10.6. The van der Waals surface area contributed by atoms with Crippen molar-refractivity contribution in [3.05, 3.63) is 59.8 Å². The molecule has 2 aromatic heterocycles. The molecular formula is C36H45F3N10O3. The SMILES string of the molecule is CN1CCN(Cc2ccc(NC(=O)Nc3cc(-c4ccc5nc(NC6CCN(C(=O)OC(C)(C)C)CC6)ncc5c4)n(C)n3)cc2C(F)(F)F)CC1. The number of nitrogens with zero attached hydrogens (tertiary/aromatic N) is 7. The standard InChI is InChI=1S/C36H45F3N10O3/c1-35(2,3)52-34(51)49-12-10-26(11-13-49)41-32-40-21-25-18-23(7-9-29(25)43-32)30-20-31(45-47(30)5)44-33(50)42-27-8-6-24(28(19-27)36(37,38)39)22-48-16-14-46(4)15-17-48/h6-9,18-21,26H,10-17,22H2,1-5H3,(H,40,41,43)(H2,42,44,45,50). The van der Waals surface area contributed by atoms with E-state index in [2.05, 4.69) is 35.9 Å². The van der Waals surface area contributed by atoms with Crippen molar-refractivity contribution in [3.63, 3.8) is 0 Å². The Balaban J connectivity index is 1.06. The van der Waals surface area contributed by atoms with Crippen molar-refractivity contribution in [1.29, 1.82) is 0 Å². The first-order valence-electron chi connectivity index (χ1n) is 17.3. The first-order chi connectivity index (χ1) is 24.6. The second kappa shape index (κ2) is 14.9. The molecular weight excluding hydrogens is 677 g/mol. The molecule has 3 amide bonds. The topological polar surface area (TPSA) is 133 Å². The maximum Gasteiger partial charge on any atom is 0.416 e. The number of likely N-dealkylation sites (tertiary alicyclic amines) is 1. The number of piperidine rings is 1. The number of nitrogens with one attached hydrogen (secondary N) is 3. The van der Waals surface area contributed by atoms with E-state index in [1.807, 2.05) is 50.9 Å². The van der Waals surface area contributed by atoms with Crippen LogP contribution in [-0.2, 0) is 24.5 Å². The van der Waals surface area contributed by atoms with Gasteiger partial charge in [-0.05, 0) is 70.5 Å². The van der Waals surface area contributed by atoms with Gasteiger partial charge in [-0.25, -0.2) is 19.6 Å². The summed E-state index contributed by atoms with van der Waals surface area (Å²) in [5.74, 6) is 0.729. The second-order valence-electron chi connectivity index (χ2n) is 14.4. The molecule has 3 N–H and O–H groups in total. The zero-order chi connectivity index (χ0) is 37.2. The number of carbonyl (C=O) groups excluding carboxylic acids is 2. The number of amides is 3. The number of fused-ring (bicyclic) bond motifs is 1. The average Bonchev–Trinajstić information content (AvgIpc) is 3.44. The molecule has 0 radical (unpaired) electrons. The lowest BCUT2D eigenvalue weighted by atomic mass is 10.0. The number of aryl methyl sites for hydroxylation is 1. The molecule has 0 unspecified atom stereocenters. The van der Waals surface area contributed by atoms with Gasteiger partial charge >= 0.3 is 18.3 Å². The van der Waals surface area contributed by atoms with E-state index < -0.39 is 23.4 Å². The van der Waals surface area contributed by atoms with Crippen LogP contribution < -0.4 is 16.0 Å². The number of ether oxygens (including phenoxy) is 1. The van der Waals surface area contributed by atoms with E-state index in [0.29, 0.717) is 37.8 Å². The first kappa shape index (κ1) is 36.8. The van der Waals surface area contributed by atoms with Gasteiger partial charge in [0.05, 0.1) is 16.8 Å². The maximum atomic E-state index is 14.0. The normalized spacial score (nSPS) is 16.6. The van der Waals surface area contributed by atoms with Gasteiger partial charge in [0.2, 0.25) is 5.95 Å². The molecule has 2 aliphatic rings. The summed E-state index contributed by atoms with van der Waals surface area (Å²) in [7, 11) is 3.72.